The minimum absolute atomic E-state index is 0.0528. The van der Waals surface area contributed by atoms with Crippen LogP contribution in [0.1, 0.15) is 26.3 Å². The smallest absolute Gasteiger partial charge is 0.319 e. The number of anilines is 1. The van der Waals surface area contributed by atoms with E-state index in [-0.39, 0.29) is 11.1 Å². The van der Waals surface area contributed by atoms with E-state index in [9.17, 15) is 9.18 Å². The van der Waals surface area contributed by atoms with Gasteiger partial charge in [0.15, 0.2) is 0 Å². The highest BCUT2D eigenvalue weighted by molar-refractivity contribution is 5.89. The third-order valence-corrected chi connectivity index (χ3v) is 3.48. The third-order valence-electron chi connectivity index (χ3n) is 3.48. The molecular weight excluding hydrogens is 307 g/mol. The van der Waals surface area contributed by atoms with E-state index >= 15 is 0 Å². The molecule has 0 fully saturated rings. The molecule has 0 spiro atoms. The summed E-state index contributed by atoms with van der Waals surface area (Å²) in [5.74, 6) is 0.293. The number of rotatable bonds is 5. The molecule has 0 aliphatic carbocycles. The fraction of sp³-hybridized carbons (Fsp3) is 0.316. The van der Waals surface area contributed by atoms with Gasteiger partial charge in [-0.25, -0.2) is 9.18 Å². The quantitative estimate of drug-likeness (QED) is 0.802. The first-order valence-corrected chi connectivity index (χ1v) is 7.89. The van der Waals surface area contributed by atoms with Gasteiger partial charge in [0.25, 0.3) is 0 Å². The molecule has 5 heteroatoms. The van der Waals surface area contributed by atoms with Crippen LogP contribution in [0, 0.1) is 5.82 Å². The number of benzene rings is 2. The van der Waals surface area contributed by atoms with Crippen molar-refractivity contribution in [1.29, 1.82) is 0 Å². The Kier molecular flexibility index (Phi) is 5.79. The minimum atomic E-state index is -0.470. The Balaban J connectivity index is 1.77. The molecule has 0 radical (unpaired) electrons. The predicted molar refractivity (Wildman–Crippen MR) is 94.1 cm³/mol. The van der Waals surface area contributed by atoms with Crippen LogP contribution >= 0.6 is 0 Å². The lowest BCUT2D eigenvalue weighted by Gasteiger charge is -2.19. The molecule has 2 aromatic rings. The molecule has 4 nitrogen and oxygen atoms in total. The number of urea groups is 1. The van der Waals surface area contributed by atoms with Crippen molar-refractivity contribution >= 4 is 11.7 Å². The zero-order valence-electron chi connectivity index (χ0n) is 14.2. The number of amides is 2. The number of nitrogens with one attached hydrogen (secondary N) is 2. The first-order valence-electron chi connectivity index (χ1n) is 7.89. The van der Waals surface area contributed by atoms with Gasteiger partial charge in [-0.2, -0.15) is 0 Å². The molecule has 0 heterocycles. The molecule has 0 aliphatic rings. The Bertz CT molecular complexity index is 696. The minimum Gasteiger partial charge on any atom is -0.492 e. The van der Waals surface area contributed by atoms with Crippen LogP contribution in [0.2, 0.25) is 0 Å². The molecular formula is C19H23FN2O2. The summed E-state index contributed by atoms with van der Waals surface area (Å²) in [6.45, 7) is 7.07. The predicted octanol–water partition coefficient (Wildman–Crippen LogP) is 4.32. The van der Waals surface area contributed by atoms with Crippen LogP contribution in [-0.4, -0.2) is 19.2 Å². The van der Waals surface area contributed by atoms with E-state index in [1.165, 1.54) is 17.7 Å². The fourth-order valence-corrected chi connectivity index (χ4v) is 2.11. The van der Waals surface area contributed by atoms with Crippen molar-refractivity contribution in [2.24, 2.45) is 0 Å². The van der Waals surface area contributed by atoms with Crippen molar-refractivity contribution in [1.82, 2.24) is 5.32 Å². The molecule has 0 aromatic heterocycles. The lowest BCUT2D eigenvalue weighted by Crippen LogP contribution is -2.32. The standard InChI is InChI=1S/C19H23FN2O2/c1-19(2,3)14-7-6-8-15(13-14)24-12-11-21-18(23)22-17-10-5-4-9-16(17)20/h4-10,13H,11-12H2,1-3H3,(H2,21,22,23). The molecule has 2 rings (SSSR count). The van der Waals surface area contributed by atoms with Gasteiger partial charge < -0.3 is 15.4 Å². The average Bonchev–Trinajstić information content (AvgIpc) is 2.53. The highest BCUT2D eigenvalue weighted by atomic mass is 19.1. The second-order valence-electron chi connectivity index (χ2n) is 6.49. The molecule has 0 bridgehead atoms. The summed E-state index contributed by atoms with van der Waals surface area (Å²) in [6.07, 6.45) is 0. The van der Waals surface area contributed by atoms with E-state index in [0.29, 0.717) is 13.2 Å². The van der Waals surface area contributed by atoms with Gasteiger partial charge in [0.2, 0.25) is 0 Å². The van der Waals surface area contributed by atoms with Crippen LogP contribution in [0.3, 0.4) is 0 Å². The number of para-hydroxylation sites is 1. The van der Waals surface area contributed by atoms with E-state index in [1.54, 1.807) is 12.1 Å². The Morgan fingerprint density at radius 1 is 1.12 bits per heavy atom. The number of hydrogen-bond acceptors (Lipinski definition) is 2. The van der Waals surface area contributed by atoms with Crippen molar-refractivity contribution in [3.63, 3.8) is 0 Å². The van der Waals surface area contributed by atoms with Crippen LogP contribution in [0.5, 0.6) is 5.75 Å². The van der Waals surface area contributed by atoms with Crippen LogP contribution in [0.15, 0.2) is 48.5 Å². The summed E-state index contributed by atoms with van der Waals surface area (Å²) >= 11 is 0. The lowest BCUT2D eigenvalue weighted by atomic mass is 9.87. The highest BCUT2D eigenvalue weighted by Crippen LogP contribution is 2.25. The Morgan fingerprint density at radius 3 is 2.58 bits per heavy atom. The Morgan fingerprint density at radius 2 is 1.88 bits per heavy atom. The molecule has 24 heavy (non-hydrogen) atoms. The average molecular weight is 330 g/mol. The van der Waals surface area contributed by atoms with Crippen molar-refractivity contribution in [3.05, 3.63) is 59.9 Å². The van der Waals surface area contributed by atoms with E-state index in [4.69, 9.17) is 4.74 Å². The van der Waals surface area contributed by atoms with Gasteiger partial charge in [-0.15, -0.1) is 0 Å². The second-order valence-corrected chi connectivity index (χ2v) is 6.49. The van der Waals surface area contributed by atoms with Gasteiger partial charge in [-0.05, 0) is 35.2 Å². The van der Waals surface area contributed by atoms with Gasteiger partial charge >= 0.3 is 6.03 Å². The summed E-state index contributed by atoms with van der Waals surface area (Å²) in [6, 6.07) is 13.5. The van der Waals surface area contributed by atoms with Crippen molar-refractivity contribution in [3.8, 4) is 5.75 Å². The number of carbonyl (C=O) groups excluding carboxylic acids is 1. The largest absolute Gasteiger partial charge is 0.492 e. The van der Waals surface area contributed by atoms with E-state index in [2.05, 4.69) is 37.5 Å². The van der Waals surface area contributed by atoms with Crippen LogP contribution < -0.4 is 15.4 Å². The number of halogens is 1. The zero-order valence-corrected chi connectivity index (χ0v) is 14.2. The number of ether oxygens (including phenoxy) is 1. The first kappa shape index (κ1) is 17.8. The summed E-state index contributed by atoms with van der Waals surface area (Å²) in [7, 11) is 0. The Hall–Kier alpha value is -2.56. The molecule has 0 aliphatic heterocycles. The van der Waals surface area contributed by atoms with Crippen molar-refractivity contribution in [2.45, 2.75) is 26.2 Å². The number of carbonyl (C=O) groups is 1. The van der Waals surface area contributed by atoms with Gasteiger partial charge in [0.1, 0.15) is 18.2 Å². The molecule has 2 amide bonds. The maximum atomic E-state index is 13.4. The molecule has 0 atom stereocenters. The summed E-state index contributed by atoms with van der Waals surface area (Å²) in [4.78, 5) is 11.7. The van der Waals surface area contributed by atoms with Gasteiger partial charge in [0.05, 0.1) is 12.2 Å². The van der Waals surface area contributed by atoms with Crippen LogP contribution in [-0.2, 0) is 5.41 Å². The fourth-order valence-electron chi connectivity index (χ4n) is 2.11. The monoisotopic (exact) mass is 330 g/mol. The van der Waals surface area contributed by atoms with Gasteiger partial charge in [-0.1, -0.05) is 45.0 Å². The third kappa shape index (κ3) is 5.26. The van der Waals surface area contributed by atoms with Crippen molar-refractivity contribution < 1.29 is 13.9 Å². The van der Waals surface area contributed by atoms with Gasteiger partial charge in [-0.3, -0.25) is 0 Å². The molecule has 2 N–H and O–H groups in total. The van der Waals surface area contributed by atoms with Crippen LogP contribution in [0.4, 0.5) is 14.9 Å². The van der Waals surface area contributed by atoms with E-state index in [1.807, 2.05) is 18.2 Å². The molecule has 0 unspecified atom stereocenters. The molecule has 0 saturated heterocycles. The Labute approximate surface area is 142 Å². The summed E-state index contributed by atoms with van der Waals surface area (Å²) in [5.41, 5.74) is 1.39. The van der Waals surface area contributed by atoms with Crippen molar-refractivity contribution in [2.75, 3.05) is 18.5 Å². The molecule has 2 aromatic carbocycles. The van der Waals surface area contributed by atoms with E-state index < -0.39 is 11.8 Å². The summed E-state index contributed by atoms with van der Waals surface area (Å²) in [5, 5.41) is 5.09. The SMILES string of the molecule is CC(C)(C)c1cccc(OCCNC(=O)Nc2ccccc2F)c1. The summed E-state index contributed by atoms with van der Waals surface area (Å²) < 4.78 is 19.1. The number of hydrogen-bond donors (Lipinski definition) is 2. The molecule has 0 saturated carbocycles. The highest BCUT2D eigenvalue weighted by Gasteiger charge is 2.13. The first-order chi connectivity index (χ1) is 11.4. The maximum Gasteiger partial charge on any atom is 0.319 e. The van der Waals surface area contributed by atoms with Crippen LogP contribution in [0.25, 0.3) is 0 Å². The lowest BCUT2D eigenvalue weighted by molar-refractivity contribution is 0.247. The maximum absolute atomic E-state index is 13.4. The topological polar surface area (TPSA) is 50.4 Å². The molecule has 128 valence electrons. The zero-order chi connectivity index (χ0) is 17.6. The van der Waals surface area contributed by atoms with Gasteiger partial charge in [0, 0.05) is 0 Å². The normalized spacial score (nSPS) is 11.0. The van der Waals surface area contributed by atoms with E-state index in [0.717, 1.165) is 5.75 Å². The second kappa shape index (κ2) is 7.81.